The van der Waals surface area contributed by atoms with E-state index in [0.29, 0.717) is 18.7 Å². The van der Waals surface area contributed by atoms with Crippen molar-refractivity contribution in [2.75, 3.05) is 16.2 Å². The molecule has 120 valence electrons. The molecule has 1 heterocycles. The van der Waals surface area contributed by atoms with Crippen molar-refractivity contribution >= 4 is 27.3 Å². The van der Waals surface area contributed by atoms with Crippen LogP contribution in [0, 0.1) is 6.92 Å². The molecule has 1 aliphatic heterocycles. The van der Waals surface area contributed by atoms with Crippen molar-refractivity contribution in [1.29, 1.82) is 0 Å². The highest BCUT2D eigenvalue weighted by atomic mass is 32.2. The number of carbonyl (C=O) groups excluding carboxylic acids is 1. The van der Waals surface area contributed by atoms with Crippen molar-refractivity contribution < 1.29 is 13.2 Å². The van der Waals surface area contributed by atoms with E-state index in [1.54, 1.807) is 29.2 Å². The Morgan fingerprint density at radius 2 is 1.65 bits per heavy atom. The van der Waals surface area contributed by atoms with E-state index in [-0.39, 0.29) is 10.8 Å². The summed E-state index contributed by atoms with van der Waals surface area (Å²) in [6.45, 7) is 2.63. The van der Waals surface area contributed by atoms with E-state index < -0.39 is 10.0 Å². The molecule has 0 spiro atoms. The van der Waals surface area contributed by atoms with Crippen LogP contribution in [0.25, 0.3) is 0 Å². The van der Waals surface area contributed by atoms with Gasteiger partial charge in [0.1, 0.15) is 0 Å². The van der Waals surface area contributed by atoms with E-state index in [4.69, 9.17) is 0 Å². The van der Waals surface area contributed by atoms with Crippen molar-refractivity contribution in [3.63, 3.8) is 0 Å². The zero-order valence-electron chi connectivity index (χ0n) is 12.8. The number of sulfonamides is 1. The molecule has 3 rings (SSSR count). The number of hydrogen-bond donors (Lipinski definition) is 1. The molecule has 0 saturated carbocycles. The molecule has 2 aromatic carbocycles. The molecule has 1 N–H and O–H groups in total. The number of carbonyl (C=O) groups is 1. The highest BCUT2D eigenvalue weighted by molar-refractivity contribution is 7.92. The molecule has 1 fully saturated rings. The van der Waals surface area contributed by atoms with Gasteiger partial charge in [0.25, 0.3) is 10.0 Å². The Kier molecular flexibility index (Phi) is 4.09. The van der Waals surface area contributed by atoms with Crippen LogP contribution in [0.2, 0.25) is 0 Å². The van der Waals surface area contributed by atoms with E-state index >= 15 is 0 Å². The van der Waals surface area contributed by atoms with Gasteiger partial charge in [0.15, 0.2) is 0 Å². The lowest BCUT2D eigenvalue weighted by Gasteiger charge is -2.16. The summed E-state index contributed by atoms with van der Waals surface area (Å²) in [6.07, 6.45) is 1.39. The van der Waals surface area contributed by atoms with Crippen LogP contribution in [-0.4, -0.2) is 20.9 Å². The van der Waals surface area contributed by atoms with Gasteiger partial charge in [-0.2, -0.15) is 0 Å². The minimum Gasteiger partial charge on any atom is -0.312 e. The van der Waals surface area contributed by atoms with Crippen molar-refractivity contribution in [3.8, 4) is 0 Å². The van der Waals surface area contributed by atoms with Crippen LogP contribution in [-0.2, 0) is 14.8 Å². The van der Waals surface area contributed by atoms with Crippen molar-refractivity contribution in [2.24, 2.45) is 0 Å². The van der Waals surface area contributed by atoms with Crippen LogP contribution in [0.5, 0.6) is 0 Å². The van der Waals surface area contributed by atoms with E-state index in [1.807, 2.05) is 19.1 Å². The molecule has 6 heteroatoms. The molecule has 0 radical (unpaired) electrons. The fraction of sp³-hybridized carbons (Fsp3) is 0.235. The number of nitrogens with zero attached hydrogens (tertiary/aromatic N) is 1. The first-order valence-electron chi connectivity index (χ1n) is 7.46. The zero-order chi connectivity index (χ0) is 16.4. The van der Waals surface area contributed by atoms with Crippen molar-refractivity contribution in [2.45, 2.75) is 24.7 Å². The summed E-state index contributed by atoms with van der Waals surface area (Å²) in [5, 5.41) is 0. The van der Waals surface area contributed by atoms with E-state index in [9.17, 15) is 13.2 Å². The average molecular weight is 330 g/mol. The number of benzene rings is 2. The lowest BCUT2D eigenvalue weighted by Crippen LogP contribution is -2.23. The molecule has 0 aromatic heterocycles. The summed E-state index contributed by atoms with van der Waals surface area (Å²) in [4.78, 5) is 13.6. The van der Waals surface area contributed by atoms with E-state index in [2.05, 4.69) is 4.72 Å². The predicted octanol–water partition coefficient (Wildman–Crippen LogP) is 2.92. The van der Waals surface area contributed by atoms with Gasteiger partial charge in [-0.25, -0.2) is 8.42 Å². The first-order chi connectivity index (χ1) is 11.0. The van der Waals surface area contributed by atoms with Gasteiger partial charge in [0.05, 0.1) is 4.90 Å². The first kappa shape index (κ1) is 15.6. The number of nitrogens with one attached hydrogen (secondary N) is 1. The Labute approximate surface area is 136 Å². The van der Waals surface area contributed by atoms with Gasteiger partial charge in [0.2, 0.25) is 5.91 Å². The van der Waals surface area contributed by atoms with E-state index in [1.165, 1.54) is 12.1 Å². The molecule has 1 saturated heterocycles. The fourth-order valence-electron chi connectivity index (χ4n) is 2.56. The van der Waals surface area contributed by atoms with Crippen LogP contribution in [0.1, 0.15) is 18.4 Å². The number of aryl methyl sites for hydroxylation is 1. The van der Waals surface area contributed by atoms with Gasteiger partial charge in [-0.05, 0) is 49.7 Å². The second-order valence-corrected chi connectivity index (χ2v) is 7.30. The maximum atomic E-state index is 12.4. The molecule has 1 amide bonds. The maximum absolute atomic E-state index is 12.4. The largest absolute Gasteiger partial charge is 0.312 e. The summed E-state index contributed by atoms with van der Waals surface area (Å²) in [5.74, 6) is 0.0818. The lowest BCUT2D eigenvalue weighted by atomic mass is 10.2. The van der Waals surface area contributed by atoms with Gasteiger partial charge in [-0.1, -0.05) is 17.7 Å². The molecular formula is C17H18N2O3S. The molecule has 5 nitrogen and oxygen atoms in total. The predicted molar refractivity (Wildman–Crippen MR) is 90.0 cm³/mol. The van der Waals surface area contributed by atoms with Crippen LogP contribution in [0.15, 0.2) is 53.4 Å². The third-order valence-electron chi connectivity index (χ3n) is 3.84. The number of amides is 1. The standard InChI is InChI=1S/C17H18N2O3S/c1-13-4-6-14(7-5-13)18-23(21,22)16-10-8-15(9-11-16)19-12-2-3-17(19)20/h4-11,18H,2-3,12H2,1H3. The van der Waals surface area contributed by atoms with Gasteiger partial charge >= 0.3 is 0 Å². The normalized spacial score (nSPS) is 15.0. The first-order valence-corrected chi connectivity index (χ1v) is 8.94. The third kappa shape index (κ3) is 3.37. The van der Waals surface area contributed by atoms with Gasteiger partial charge in [-0.3, -0.25) is 9.52 Å². The van der Waals surface area contributed by atoms with Gasteiger partial charge in [0, 0.05) is 24.3 Å². The molecule has 0 aliphatic carbocycles. The van der Waals surface area contributed by atoms with Crippen LogP contribution >= 0.6 is 0 Å². The minimum atomic E-state index is -3.63. The summed E-state index contributed by atoms with van der Waals surface area (Å²) >= 11 is 0. The number of hydrogen-bond acceptors (Lipinski definition) is 3. The second kappa shape index (κ2) is 6.04. The smallest absolute Gasteiger partial charge is 0.261 e. The van der Waals surface area contributed by atoms with E-state index in [0.717, 1.165) is 17.7 Å². The Balaban J connectivity index is 1.80. The van der Waals surface area contributed by atoms with Gasteiger partial charge < -0.3 is 4.90 Å². The summed E-state index contributed by atoms with van der Waals surface area (Å²) < 4.78 is 27.3. The average Bonchev–Trinajstić information content (AvgIpc) is 2.96. The number of anilines is 2. The molecular weight excluding hydrogens is 312 g/mol. The Morgan fingerprint density at radius 1 is 1.00 bits per heavy atom. The highest BCUT2D eigenvalue weighted by Gasteiger charge is 2.22. The lowest BCUT2D eigenvalue weighted by molar-refractivity contribution is -0.117. The Bertz CT molecular complexity index is 812. The van der Waals surface area contributed by atoms with Crippen molar-refractivity contribution in [1.82, 2.24) is 0 Å². The van der Waals surface area contributed by atoms with Crippen LogP contribution < -0.4 is 9.62 Å². The summed E-state index contributed by atoms with van der Waals surface area (Å²) in [7, 11) is -3.63. The van der Waals surface area contributed by atoms with Crippen LogP contribution in [0.3, 0.4) is 0 Å². The second-order valence-electron chi connectivity index (χ2n) is 5.61. The highest BCUT2D eigenvalue weighted by Crippen LogP contribution is 2.24. The molecule has 0 unspecified atom stereocenters. The Hall–Kier alpha value is -2.34. The minimum absolute atomic E-state index is 0.0818. The van der Waals surface area contributed by atoms with Crippen LogP contribution in [0.4, 0.5) is 11.4 Å². The molecule has 0 bridgehead atoms. The molecule has 2 aromatic rings. The topological polar surface area (TPSA) is 66.5 Å². The third-order valence-corrected chi connectivity index (χ3v) is 5.23. The molecule has 23 heavy (non-hydrogen) atoms. The Morgan fingerprint density at radius 3 is 2.22 bits per heavy atom. The maximum Gasteiger partial charge on any atom is 0.261 e. The molecule has 1 aliphatic rings. The molecule has 0 atom stereocenters. The zero-order valence-corrected chi connectivity index (χ0v) is 13.6. The summed E-state index contributed by atoms with van der Waals surface area (Å²) in [6, 6.07) is 13.5. The van der Waals surface area contributed by atoms with Gasteiger partial charge in [-0.15, -0.1) is 0 Å². The monoisotopic (exact) mass is 330 g/mol. The number of rotatable bonds is 4. The van der Waals surface area contributed by atoms with Crippen molar-refractivity contribution in [3.05, 3.63) is 54.1 Å². The fourth-order valence-corrected chi connectivity index (χ4v) is 3.62. The summed E-state index contributed by atoms with van der Waals surface area (Å²) in [5.41, 5.74) is 2.32. The quantitative estimate of drug-likeness (QED) is 0.937. The SMILES string of the molecule is Cc1ccc(NS(=O)(=O)c2ccc(N3CCCC3=O)cc2)cc1.